The molecule has 0 aliphatic heterocycles. The van der Waals surface area contributed by atoms with Crippen LogP contribution in [0, 0.1) is 5.92 Å². The fourth-order valence-electron chi connectivity index (χ4n) is 2.85. The number of nitrogens with zero attached hydrogens (tertiary/aromatic N) is 4. The van der Waals surface area contributed by atoms with E-state index in [-0.39, 0.29) is 5.56 Å². The number of hydrogen-bond donors (Lipinski definition) is 0. The SMILES string of the molecule is CC(C)Cn1c(=O)c2sccc2n2c(SCc3ccccc3)nnc12. The van der Waals surface area contributed by atoms with Gasteiger partial charge < -0.3 is 0 Å². The van der Waals surface area contributed by atoms with Gasteiger partial charge in [0.25, 0.3) is 5.56 Å². The van der Waals surface area contributed by atoms with Crippen LogP contribution in [0.25, 0.3) is 16.0 Å². The van der Waals surface area contributed by atoms with Crippen molar-refractivity contribution in [3.8, 4) is 0 Å². The van der Waals surface area contributed by atoms with Gasteiger partial charge in [-0.25, -0.2) is 0 Å². The van der Waals surface area contributed by atoms with Crippen molar-refractivity contribution < 1.29 is 0 Å². The monoisotopic (exact) mass is 370 g/mol. The number of thiophene rings is 1. The molecule has 4 rings (SSSR count). The van der Waals surface area contributed by atoms with Crippen LogP contribution in [-0.2, 0) is 12.3 Å². The third kappa shape index (κ3) is 2.98. The van der Waals surface area contributed by atoms with E-state index in [4.69, 9.17) is 0 Å². The topological polar surface area (TPSA) is 52.2 Å². The molecule has 0 aliphatic carbocycles. The van der Waals surface area contributed by atoms with Crippen LogP contribution in [-0.4, -0.2) is 19.2 Å². The predicted molar refractivity (Wildman–Crippen MR) is 103 cm³/mol. The lowest BCUT2D eigenvalue weighted by atomic mass is 10.2. The summed E-state index contributed by atoms with van der Waals surface area (Å²) < 4.78 is 4.53. The summed E-state index contributed by atoms with van der Waals surface area (Å²) in [5.41, 5.74) is 2.16. The average molecular weight is 371 g/mol. The van der Waals surface area contributed by atoms with E-state index >= 15 is 0 Å². The van der Waals surface area contributed by atoms with E-state index in [1.165, 1.54) is 16.9 Å². The van der Waals surface area contributed by atoms with Gasteiger partial charge in [-0.05, 0) is 22.9 Å². The van der Waals surface area contributed by atoms with Gasteiger partial charge in [-0.15, -0.1) is 21.5 Å². The largest absolute Gasteiger partial charge is 0.275 e. The maximum atomic E-state index is 12.8. The van der Waals surface area contributed by atoms with Crippen LogP contribution in [0.4, 0.5) is 0 Å². The van der Waals surface area contributed by atoms with Crippen LogP contribution >= 0.6 is 23.1 Å². The molecule has 7 heteroatoms. The number of benzene rings is 1. The maximum Gasteiger partial charge on any atom is 0.272 e. The van der Waals surface area contributed by atoms with Gasteiger partial charge >= 0.3 is 0 Å². The maximum absolute atomic E-state index is 12.8. The van der Waals surface area contributed by atoms with Crippen molar-refractivity contribution in [3.63, 3.8) is 0 Å². The molecule has 4 aromatic rings. The first kappa shape index (κ1) is 16.4. The molecular formula is C18H18N4OS2. The number of rotatable bonds is 5. The highest BCUT2D eigenvalue weighted by molar-refractivity contribution is 7.98. The van der Waals surface area contributed by atoms with Crippen LogP contribution in [0.3, 0.4) is 0 Å². The summed E-state index contributed by atoms with van der Waals surface area (Å²) in [7, 11) is 0. The molecule has 0 spiro atoms. The minimum absolute atomic E-state index is 0.0261. The number of fused-ring (bicyclic) bond motifs is 3. The summed E-state index contributed by atoms with van der Waals surface area (Å²) >= 11 is 3.12. The van der Waals surface area contributed by atoms with E-state index in [2.05, 4.69) is 36.2 Å². The van der Waals surface area contributed by atoms with E-state index in [1.54, 1.807) is 16.3 Å². The molecule has 0 fully saturated rings. The summed E-state index contributed by atoms with van der Waals surface area (Å²) in [4.78, 5) is 12.8. The molecule has 3 heterocycles. The Hall–Kier alpha value is -2.12. The molecule has 3 aromatic heterocycles. The first-order chi connectivity index (χ1) is 12.1. The van der Waals surface area contributed by atoms with Crippen LogP contribution < -0.4 is 5.56 Å². The van der Waals surface area contributed by atoms with Gasteiger partial charge in [0.05, 0.1) is 5.52 Å². The Kier molecular flexibility index (Phi) is 4.35. The zero-order chi connectivity index (χ0) is 17.4. The third-order valence-electron chi connectivity index (χ3n) is 3.94. The fourth-order valence-corrected chi connectivity index (χ4v) is 4.57. The second-order valence-electron chi connectivity index (χ2n) is 6.34. The Bertz CT molecular complexity index is 1080. The zero-order valence-corrected chi connectivity index (χ0v) is 15.7. The van der Waals surface area contributed by atoms with Gasteiger partial charge in [-0.3, -0.25) is 13.8 Å². The first-order valence-electron chi connectivity index (χ1n) is 8.17. The molecule has 0 saturated heterocycles. The lowest BCUT2D eigenvalue weighted by Gasteiger charge is -2.11. The van der Waals surface area contributed by atoms with Gasteiger partial charge in [0, 0.05) is 12.3 Å². The van der Waals surface area contributed by atoms with Gasteiger partial charge in [0.1, 0.15) is 4.70 Å². The predicted octanol–water partition coefficient (Wildman–Crippen LogP) is 4.05. The highest BCUT2D eigenvalue weighted by Gasteiger charge is 2.18. The Morgan fingerprint density at radius 2 is 1.96 bits per heavy atom. The number of aromatic nitrogens is 4. The molecule has 128 valence electrons. The van der Waals surface area contributed by atoms with Gasteiger partial charge in [-0.1, -0.05) is 55.9 Å². The van der Waals surface area contributed by atoms with Crippen molar-refractivity contribution in [2.24, 2.45) is 5.92 Å². The highest BCUT2D eigenvalue weighted by Crippen LogP contribution is 2.26. The lowest BCUT2D eigenvalue weighted by molar-refractivity contribution is 0.517. The quantitative estimate of drug-likeness (QED) is 0.497. The molecule has 0 amide bonds. The smallest absolute Gasteiger partial charge is 0.272 e. The van der Waals surface area contributed by atoms with Crippen molar-refractivity contribution >= 4 is 39.1 Å². The summed E-state index contributed by atoms with van der Waals surface area (Å²) in [5, 5.41) is 11.5. The van der Waals surface area contributed by atoms with Gasteiger partial charge in [-0.2, -0.15) is 0 Å². The van der Waals surface area contributed by atoms with Crippen molar-refractivity contribution in [2.75, 3.05) is 0 Å². The van der Waals surface area contributed by atoms with Gasteiger partial charge in [0.2, 0.25) is 5.78 Å². The number of thioether (sulfide) groups is 1. The van der Waals surface area contributed by atoms with Crippen molar-refractivity contribution in [1.82, 2.24) is 19.2 Å². The second kappa shape index (κ2) is 6.65. The van der Waals surface area contributed by atoms with Crippen molar-refractivity contribution in [3.05, 3.63) is 57.7 Å². The number of hydrogen-bond acceptors (Lipinski definition) is 5. The molecule has 0 saturated carbocycles. The van der Waals surface area contributed by atoms with Crippen LogP contribution in [0.5, 0.6) is 0 Å². The molecule has 0 aliphatic rings. The summed E-state index contributed by atoms with van der Waals surface area (Å²) in [6, 6.07) is 12.3. The summed E-state index contributed by atoms with van der Waals surface area (Å²) in [6.45, 7) is 4.84. The first-order valence-corrected chi connectivity index (χ1v) is 10.0. The summed E-state index contributed by atoms with van der Waals surface area (Å²) in [6.07, 6.45) is 0. The molecule has 0 bridgehead atoms. The Morgan fingerprint density at radius 3 is 2.72 bits per heavy atom. The summed E-state index contributed by atoms with van der Waals surface area (Å²) in [5.74, 6) is 1.80. The second-order valence-corrected chi connectivity index (χ2v) is 8.20. The van der Waals surface area contributed by atoms with E-state index in [0.717, 1.165) is 21.1 Å². The molecule has 1 aromatic carbocycles. The fraction of sp³-hybridized carbons (Fsp3) is 0.278. The molecule has 0 atom stereocenters. The van der Waals surface area contributed by atoms with Crippen molar-refractivity contribution in [2.45, 2.75) is 31.3 Å². The Balaban J connectivity index is 1.84. The normalized spacial score (nSPS) is 11.8. The van der Waals surface area contributed by atoms with Crippen LogP contribution in [0.2, 0.25) is 0 Å². The highest BCUT2D eigenvalue weighted by atomic mass is 32.2. The Labute approximate surface area is 153 Å². The minimum atomic E-state index is 0.0261. The van der Waals surface area contributed by atoms with E-state index in [1.807, 2.05) is 34.0 Å². The third-order valence-corrected chi connectivity index (χ3v) is 5.83. The minimum Gasteiger partial charge on any atom is -0.275 e. The molecular weight excluding hydrogens is 352 g/mol. The molecule has 0 unspecified atom stereocenters. The van der Waals surface area contributed by atoms with Crippen LogP contribution in [0.15, 0.2) is 51.7 Å². The molecule has 0 radical (unpaired) electrons. The molecule has 25 heavy (non-hydrogen) atoms. The standard InChI is InChI=1S/C18H18N4OS2/c1-12(2)10-21-16(23)15-14(8-9-24-15)22-17(21)19-20-18(22)25-11-13-6-4-3-5-7-13/h3-9,12H,10-11H2,1-2H3. The van der Waals surface area contributed by atoms with Crippen LogP contribution in [0.1, 0.15) is 19.4 Å². The lowest BCUT2D eigenvalue weighted by Crippen LogP contribution is -2.24. The zero-order valence-electron chi connectivity index (χ0n) is 14.0. The average Bonchev–Trinajstić information content (AvgIpc) is 3.24. The van der Waals surface area contributed by atoms with E-state index in [0.29, 0.717) is 18.2 Å². The van der Waals surface area contributed by atoms with E-state index in [9.17, 15) is 4.79 Å². The van der Waals surface area contributed by atoms with E-state index < -0.39 is 0 Å². The molecule has 0 N–H and O–H groups in total. The van der Waals surface area contributed by atoms with Crippen molar-refractivity contribution in [1.29, 1.82) is 0 Å². The van der Waals surface area contributed by atoms with Gasteiger partial charge in [0.15, 0.2) is 5.16 Å². The molecule has 5 nitrogen and oxygen atoms in total. The Morgan fingerprint density at radius 1 is 1.16 bits per heavy atom.